The van der Waals surface area contributed by atoms with Gasteiger partial charge in [0, 0.05) is 25.0 Å². The van der Waals surface area contributed by atoms with Gasteiger partial charge in [0.2, 0.25) is 5.91 Å². The van der Waals surface area contributed by atoms with Crippen molar-refractivity contribution in [2.75, 3.05) is 31.6 Å². The molecular weight excluding hydrogens is 276 g/mol. The summed E-state index contributed by atoms with van der Waals surface area (Å²) in [6.45, 7) is 4.30. The number of hydrogen-bond acceptors (Lipinski definition) is 5. The summed E-state index contributed by atoms with van der Waals surface area (Å²) in [7, 11) is 0. The van der Waals surface area contributed by atoms with E-state index < -0.39 is 0 Å². The van der Waals surface area contributed by atoms with Gasteiger partial charge in [-0.25, -0.2) is 0 Å². The van der Waals surface area contributed by atoms with Crippen molar-refractivity contribution in [3.05, 3.63) is 24.0 Å². The predicted molar refractivity (Wildman–Crippen MR) is 80.6 cm³/mol. The number of thiocarbonyl (C=S) groups is 1. The molecule has 1 unspecified atom stereocenters. The number of aromatic nitrogens is 1. The number of hydrogen-bond donors (Lipinski definition) is 2. The molecule has 1 fully saturated rings. The first-order valence-electron chi connectivity index (χ1n) is 6.47. The zero-order valence-corrected chi connectivity index (χ0v) is 12.2. The summed E-state index contributed by atoms with van der Waals surface area (Å²) in [6, 6.07) is 3.20. The molecule has 2 rings (SSSR count). The van der Waals surface area contributed by atoms with E-state index in [2.05, 4.69) is 10.3 Å². The zero-order chi connectivity index (χ0) is 14.5. The Morgan fingerprint density at radius 3 is 2.90 bits per heavy atom. The van der Waals surface area contributed by atoms with Crippen molar-refractivity contribution < 1.29 is 9.53 Å². The maximum atomic E-state index is 12.3. The van der Waals surface area contributed by atoms with E-state index in [9.17, 15) is 4.79 Å². The third-order valence-corrected chi connectivity index (χ3v) is 3.30. The van der Waals surface area contributed by atoms with Gasteiger partial charge < -0.3 is 20.7 Å². The molecular formula is C13H18N4O2S. The van der Waals surface area contributed by atoms with Crippen LogP contribution in [-0.2, 0) is 9.53 Å². The van der Waals surface area contributed by atoms with Crippen molar-refractivity contribution in [2.24, 2.45) is 5.73 Å². The second kappa shape index (κ2) is 6.62. The third kappa shape index (κ3) is 3.64. The molecule has 7 heteroatoms. The normalized spacial score (nSPS) is 16.6. The number of pyridine rings is 1. The lowest BCUT2D eigenvalue weighted by Gasteiger charge is -2.29. The van der Waals surface area contributed by atoms with Crippen LogP contribution in [-0.4, -0.2) is 53.1 Å². The number of nitrogens with zero attached hydrogens (tertiary/aromatic N) is 2. The maximum Gasteiger partial charge on any atom is 0.244 e. The van der Waals surface area contributed by atoms with E-state index in [0.29, 0.717) is 32.0 Å². The maximum absolute atomic E-state index is 12.3. The smallest absolute Gasteiger partial charge is 0.244 e. The number of rotatable bonds is 4. The van der Waals surface area contributed by atoms with Crippen LogP contribution in [0.3, 0.4) is 0 Å². The van der Waals surface area contributed by atoms with Crippen molar-refractivity contribution >= 4 is 28.8 Å². The summed E-state index contributed by atoms with van der Waals surface area (Å²) >= 11 is 4.89. The number of anilines is 1. The van der Waals surface area contributed by atoms with E-state index in [1.807, 2.05) is 6.92 Å². The highest BCUT2D eigenvalue weighted by Gasteiger charge is 2.22. The first kappa shape index (κ1) is 14.7. The van der Waals surface area contributed by atoms with Gasteiger partial charge >= 0.3 is 0 Å². The molecule has 1 amide bonds. The topological polar surface area (TPSA) is 80.5 Å². The first-order valence-corrected chi connectivity index (χ1v) is 6.87. The monoisotopic (exact) mass is 294 g/mol. The third-order valence-electron chi connectivity index (χ3n) is 3.09. The van der Waals surface area contributed by atoms with Gasteiger partial charge in [-0.1, -0.05) is 12.2 Å². The minimum atomic E-state index is -0.324. The summed E-state index contributed by atoms with van der Waals surface area (Å²) < 4.78 is 5.24. The van der Waals surface area contributed by atoms with Gasteiger partial charge in [-0.05, 0) is 19.1 Å². The highest BCUT2D eigenvalue weighted by Crippen LogP contribution is 2.11. The van der Waals surface area contributed by atoms with Gasteiger partial charge in [0.25, 0.3) is 0 Å². The average molecular weight is 294 g/mol. The lowest BCUT2D eigenvalue weighted by molar-refractivity contribution is -0.135. The highest BCUT2D eigenvalue weighted by molar-refractivity contribution is 7.80. The molecule has 108 valence electrons. The van der Waals surface area contributed by atoms with Gasteiger partial charge in [0.05, 0.1) is 18.9 Å². The Labute approximate surface area is 123 Å². The van der Waals surface area contributed by atoms with Crippen LogP contribution in [0.15, 0.2) is 18.3 Å². The van der Waals surface area contributed by atoms with E-state index in [0.717, 1.165) is 5.69 Å². The minimum Gasteiger partial charge on any atom is -0.388 e. The molecule has 1 aromatic rings. The van der Waals surface area contributed by atoms with Crippen LogP contribution in [0, 0.1) is 0 Å². The molecule has 0 saturated carbocycles. The molecule has 0 aliphatic carbocycles. The summed E-state index contributed by atoms with van der Waals surface area (Å²) in [5.74, 6) is 0.0574. The molecule has 1 saturated heterocycles. The zero-order valence-electron chi connectivity index (χ0n) is 11.3. The van der Waals surface area contributed by atoms with Crippen LogP contribution < -0.4 is 11.1 Å². The van der Waals surface area contributed by atoms with Crippen LogP contribution in [0.25, 0.3) is 0 Å². The number of nitrogens with one attached hydrogen (secondary N) is 1. The molecule has 0 radical (unpaired) electrons. The van der Waals surface area contributed by atoms with Gasteiger partial charge in [-0.3, -0.25) is 9.78 Å². The Morgan fingerprint density at radius 2 is 2.25 bits per heavy atom. The standard InChI is InChI=1S/C13H18N4O2S/c1-9(13(18)17-4-6-19-7-5-17)16-10-2-3-15-11(8-10)12(14)20/h2-3,8-9H,4-7H2,1H3,(H2,14,20)(H,15,16). The molecule has 6 nitrogen and oxygen atoms in total. The SMILES string of the molecule is CC(Nc1ccnc(C(N)=S)c1)C(=O)N1CCOCC1. The van der Waals surface area contributed by atoms with Crippen LogP contribution in [0.4, 0.5) is 5.69 Å². The predicted octanol–water partition coefficient (Wildman–Crippen LogP) is 0.375. The molecule has 0 bridgehead atoms. The van der Waals surface area contributed by atoms with E-state index in [1.54, 1.807) is 23.2 Å². The molecule has 0 aromatic carbocycles. The summed E-state index contributed by atoms with van der Waals surface area (Å²) in [6.07, 6.45) is 1.61. The highest BCUT2D eigenvalue weighted by atomic mass is 32.1. The molecule has 3 N–H and O–H groups in total. The average Bonchev–Trinajstić information content (AvgIpc) is 2.47. The van der Waals surface area contributed by atoms with Crippen molar-refractivity contribution in [1.29, 1.82) is 0 Å². The van der Waals surface area contributed by atoms with E-state index >= 15 is 0 Å². The fourth-order valence-electron chi connectivity index (χ4n) is 2.02. The number of carbonyl (C=O) groups excluding carboxylic acids is 1. The Hall–Kier alpha value is -1.73. The van der Waals surface area contributed by atoms with Crippen LogP contribution >= 0.6 is 12.2 Å². The van der Waals surface area contributed by atoms with Crippen molar-refractivity contribution in [1.82, 2.24) is 9.88 Å². The molecule has 1 atom stereocenters. The van der Waals surface area contributed by atoms with E-state index in [4.69, 9.17) is 22.7 Å². The van der Waals surface area contributed by atoms with Crippen molar-refractivity contribution in [3.63, 3.8) is 0 Å². The lowest BCUT2D eigenvalue weighted by Crippen LogP contribution is -2.47. The van der Waals surface area contributed by atoms with Crippen molar-refractivity contribution in [3.8, 4) is 0 Å². The Bertz CT molecular complexity index is 503. The molecule has 1 aromatic heterocycles. The second-order valence-corrected chi connectivity index (χ2v) is 5.04. The van der Waals surface area contributed by atoms with Gasteiger partial charge in [0.1, 0.15) is 11.0 Å². The quantitative estimate of drug-likeness (QED) is 0.781. The van der Waals surface area contributed by atoms with Gasteiger partial charge in [0.15, 0.2) is 0 Å². The summed E-state index contributed by atoms with van der Waals surface area (Å²) in [4.78, 5) is 18.4. The summed E-state index contributed by atoms with van der Waals surface area (Å²) in [5, 5.41) is 3.15. The summed E-state index contributed by atoms with van der Waals surface area (Å²) in [5.41, 5.74) is 6.86. The van der Waals surface area contributed by atoms with Gasteiger partial charge in [-0.15, -0.1) is 0 Å². The first-order chi connectivity index (χ1) is 9.58. The fraction of sp³-hybridized carbons (Fsp3) is 0.462. The largest absolute Gasteiger partial charge is 0.388 e. The minimum absolute atomic E-state index is 0.0574. The second-order valence-electron chi connectivity index (χ2n) is 4.60. The molecule has 0 spiro atoms. The Kier molecular flexibility index (Phi) is 4.86. The Morgan fingerprint density at radius 1 is 1.55 bits per heavy atom. The van der Waals surface area contributed by atoms with Crippen molar-refractivity contribution in [2.45, 2.75) is 13.0 Å². The number of amides is 1. The number of morpholine rings is 1. The molecule has 20 heavy (non-hydrogen) atoms. The van der Waals surface area contributed by atoms with Gasteiger partial charge in [-0.2, -0.15) is 0 Å². The number of ether oxygens (including phenoxy) is 1. The van der Waals surface area contributed by atoms with Crippen LogP contribution in [0.1, 0.15) is 12.6 Å². The molecule has 2 heterocycles. The Balaban J connectivity index is 1.99. The fourth-order valence-corrected chi connectivity index (χ4v) is 2.14. The van der Waals surface area contributed by atoms with Crippen LogP contribution in [0.5, 0.6) is 0 Å². The van der Waals surface area contributed by atoms with Crippen LogP contribution in [0.2, 0.25) is 0 Å². The lowest BCUT2D eigenvalue weighted by atomic mass is 10.2. The van der Waals surface area contributed by atoms with E-state index in [-0.39, 0.29) is 16.9 Å². The molecule has 1 aliphatic rings. The van der Waals surface area contributed by atoms with E-state index in [1.165, 1.54) is 0 Å². The number of carbonyl (C=O) groups is 1. The molecule has 1 aliphatic heterocycles. The number of nitrogens with two attached hydrogens (primary N) is 1.